The highest BCUT2D eigenvalue weighted by atomic mass is 32.2. The molecule has 4 nitrogen and oxygen atoms in total. The average Bonchev–Trinajstić information content (AvgIpc) is 2.49. The Morgan fingerprint density at radius 1 is 1.05 bits per heavy atom. The first-order valence-electron chi connectivity index (χ1n) is 7.24. The summed E-state index contributed by atoms with van der Waals surface area (Å²) in [6, 6.07) is 14.9. The molecule has 5 heteroatoms. The third-order valence-electron chi connectivity index (χ3n) is 3.34. The normalized spacial score (nSPS) is 11.4. The fourth-order valence-electron chi connectivity index (χ4n) is 2.09. The minimum absolute atomic E-state index is 0.00327. The number of aryl methyl sites for hydroxylation is 1. The predicted octanol–water partition coefficient (Wildman–Crippen LogP) is 3.01. The molecule has 2 aromatic rings. The van der Waals surface area contributed by atoms with Crippen LogP contribution < -0.4 is 9.46 Å². The molecule has 1 N–H and O–H groups in total. The summed E-state index contributed by atoms with van der Waals surface area (Å²) in [6.07, 6.45) is 0. The second-order valence-electron chi connectivity index (χ2n) is 5.08. The maximum Gasteiger partial charge on any atom is 0.216 e. The maximum atomic E-state index is 12.2. The van der Waals surface area contributed by atoms with Gasteiger partial charge in [0, 0.05) is 6.54 Å². The molecule has 0 aliphatic carbocycles. The molecular weight excluding hydrogens is 298 g/mol. The number of nitrogens with one attached hydrogen (secondary N) is 1. The summed E-state index contributed by atoms with van der Waals surface area (Å²) < 4.78 is 32.3. The summed E-state index contributed by atoms with van der Waals surface area (Å²) >= 11 is 0. The highest BCUT2D eigenvalue weighted by Crippen LogP contribution is 2.13. The van der Waals surface area contributed by atoms with E-state index in [1.54, 1.807) is 0 Å². The lowest BCUT2D eigenvalue weighted by Crippen LogP contribution is -2.25. The van der Waals surface area contributed by atoms with Gasteiger partial charge in [-0.2, -0.15) is 0 Å². The van der Waals surface area contributed by atoms with Crippen LogP contribution >= 0.6 is 0 Å². The molecule has 0 aliphatic rings. The van der Waals surface area contributed by atoms with E-state index in [2.05, 4.69) is 4.72 Å². The van der Waals surface area contributed by atoms with Gasteiger partial charge in [0.1, 0.15) is 5.75 Å². The highest BCUT2D eigenvalue weighted by Gasteiger charge is 2.12. The van der Waals surface area contributed by atoms with E-state index >= 15 is 0 Å². The quantitative estimate of drug-likeness (QED) is 0.853. The van der Waals surface area contributed by atoms with Gasteiger partial charge >= 0.3 is 0 Å². The van der Waals surface area contributed by atoms with Crippen molar-refractivity contribution in [1.82, 2.24) is 4.72 Å². The summed E-state index contributed by atoms with van der Waals surface area (Å²) in [5, 5.41) is 0. The van der Waals surface area contributed by atoms with Crippen LogP contribution in [0.2, 0.25) is 0 Å². The number of sulfonamides is 1. The van der Waals surface area contributed by atoms with E-state index < -0.39 is 10.0 Å². The largest absolute Gasteiger partial charge is 0.494 e. The molecule has 0 aliphatic heterocycles. The van der Waals surface area contributed by atoms with Crippen LogP contribution in [0, 0.1) is 6.92 Å². The second kappa shape index (κ2) is 7.42. The molecule has 0 saturated heterocycles. The SMILES string of the molecule is CCOc1ccc(CNS(=O)(=O)Cc2ccccc2C)cc1. The van der Waals surface area contributed by atoms with Crippen molar-refractivity contribution in [1.29, 1.82) is 0 Å². The van der Waals surface area contributed by atoms with Crippen LogP contribution in [0.1, 0.15) is 23.6 Å². The second-order valence-corrected chi connectivity index (χ2v) is 6.89. The highest BCUT2D eigenvalue weighted by molar-refractivity contribution is 7.88. The summed E-state index contributed by atoms with van der Waals surface area (Å²) in [6.45, 7) is 4.73. The number of rotatable bonds is 7. The molecule has 0 saturated carbocycles. The van der Waals surface area contributed by atoms with Crippen molar-refractivity contribution in [3.05, 3.63) is 65.2 Å². The van der Waals surface area contributed by atoms with Gasteiger partial charge in [-0.05, 0) is 42.7 Å². The van der Waals surface area contributed by atoms with Crippen LogP contribution in [-0.4, -0.2) is 15.0 Å². The first-order chi connectivity index (χ1) is 10.5. The Bertz CT molecular complexity index is 709. The lowest BCUT2D eigenvalue weighted by atomic mass is 10.1. The van der Waals surface area contributed by atoms with Gasteiger partial charge in [-0.3, -0.25) is 0 Å². The van der Waals surface area contributed by atoms with Crippen LogP contribution in [0.3, 0.4) is 0 Å². The zero-order valence-electron chi connectivity index (χ0n) is 12.9. The van der Waals surface area contributed by atoms with E-state index in [1.807, 2.05) is 62.4 Å². The van der Waals surface area contributed by atoms with Gasteiger partial charge in [-0.25, -0.2) is 13.1 Å². The fourth-order valence-corrected chi connectivity index (χ4v) is 3.31. The molecule has 22 heavy (non-hydrogen) atoms. The standard InChI is InChI=1S/C17H21NO3S/c1-3-21-17-10-8-15(9-11-17)12-18-22(19,20)13-16-7-5-4-6-14(16)2/h4-11,18H,3,12-13H2,1-2H3. The van der Waals surface area contributed by atoms with Gasteiger partial charge in [0.15, 0.2) is 0 Å². The van der Waals surface area contributed by atoms with Gasteiger partial charge in [-0.15, -0.1) is 0 Å². The van der Waals surface area contributed by atoms with E-state index in [0.717, 1.165) is 22.4 Å². The molecule has 0 atom stereocenters. The molecular formula is C17H21NO3S. The summed E-state index contributed by atoms with van der Waals surface area (Å²) in [5.74, 6) is 0.783. The monoisotopic (exact) mass is 319 g/mol. The third kappa shape index (κ3) is 4.86. The summed E-state index contributed by atoms with van der Waals surface area (Å²) in [5.41, 5.74) is 2.70. The van der Waals surface area contributed by atoms with Crippen molar-refractivity contribution in [2.75, 3.05) is 6.61 Å². The average molecular weight is 319 g/mol. The minimum Gasteiger partial charge on any atom is -0.494 e. The van der Waals surface area contributed by atoms with Gasteiger partial charge < -0.3 is 4.74 Å². The molecule has 2 rings (SSSR count). The third-order valence-corrected chi connectivity index (χ3v) is 4.61. The van der Waals surface area contributed by atoms with Crippen molar-refractivity contribution >= 4 is 10.0 Å². The fraction of sp³-hybridized carbons (Fsp3) is 0.294. The van der Waals surface area contributed by atoms with E-state index in [9.17, 15) is 8.42 Å². The lowest BCUT2D eigenvalue weighted by molar-refractivity contribution is 0.340. The van der Waals surface area contributed by atoms with E-state index in [4.69, 9.17) is 4.74 Å². The molecule has 0 fully saturated rings. The zero-order chi connectivity index (χ0) is 16.0. The number of hydrogen-bond acceptors (Lipinski definition) is 3. The summed E-state index contributed by atoms with van der Waals surface area (Å²) in [4.78, 5) is 0. The van der Waals surface area contributed by atoms with Crippen molar-refractivity contribution < 1.29 is 13.2 Å². The summed E-state index contributed by atoms with van der Waals surface area (Å²) in [7, 11) is -3.36. The number of benzene rings is 2. The molecule has 0 heterocycles. The Labute approximate surface area is 132 Å². The maximum absolute atomic E-state index is 12.2. The zero-order valence-corrected chi connectivity index (χ0v) is 13.7. The Morgan fingerprint density at radius 2 is 1.73 bits per heavy atom. The molecule has 0 amide bonds. The molecule has 0 bridgehead atoms. The smallest absolute Gasteiger partial charge is 0.216 e. The molecule has 0 aromatic heterocycles. The van der Waals surface area contributed by atoms with Crippen molar-refractivity contribution in [2.24, 2.45) is 0 Å². The van der Waals surface area contributed by atoms with Crippen LogP contribution in [-0.2, 0) is 22.3 Å². The molecule has 0 unspecified atom stereocenters. The molecule has 0 radical (unpaired) electrons. The molecule has 118 valence electrons. The topological polar surface area (TPSA) is 55.4 Å². The van der Waals surface area contributed by atoms with Crippen LogP contribution in [0.25, 0.3) is 0 Å². The Hall–Kier alpha value is -1.85. The van der Waals surface area contributed by atoms with Gasteiger partial charge in [0.25, 0.3) is 0 Å². The van der Waals surface area contributed by atoms with Crippen LogP contribution in [0.15, 0.2) is 48.5 Å². The van der Waals surface area contributed by atoms with Crippen LogP contribution in [0.5, 0.6) is 5.75 Å². The lowest BCUT2D eigenvalue weighted by Gasteiger charge is -2.09. The Kier molecular flexibility index (Phi) is 5.57. The van der Waals surface area contributed by atoms with Gasteiger partial charge in [0.2, 0.25) is 10.0 Å². The van der Waals surface area contributed by atoms with E-state index in [-0.39, 0.29) is 12.3 Å². The van der Waals surface area contributed by atoms with Crippen LogP contribution in [0.4, 0.5) is 0 Å². The predicted molar refractivity (Wildman–Crippen MR) is 88.3 cm³/mol. The number of hydrogen-bond donors (Lipinski definition) is 1. The van der Waals surface area contributed by atoms with E-state index in [1.165, 1.54) is 0 Å². The Morgan fingerprint density at radius 3 is 2.36 bits per heavy atom. The first-order valence-corrected chi connectivity index (χ1v) is 8.89. The van der Waals surface area contributed by atoms with Gasteiger partial charge in [-0.1, -0.05) is 36.4 Å². The van der Waals surface area contributed by atoms with Crippen molar-refractivity contribution in [3.8, 4) is 5.75 Å². The first kappa shape index (κ1) is 16.5. The molecule has 0 spiro atoms. The van der Waals surface area contributed by atoms with Gasteiger partial charge in [0.05, 0.1) is 12.4 Å². The molecule has 2 aromatic carbocycles. The van der Waals surface area contributed by atoms with E-state index in [0.29, 0.717) is 6.61 Å². The Balaban J connectivity index is 1.96. The minimum atomic E-state index is -3.36. The van der Waals surface area contributed by atoms with Crippen molar-refractivity contribution in [2.45, 2.75) is 26.1 Å². The van der Waals surface area contributed by atoms with Crippen molar-refractivity contribution in [3.63, 3.8) is 0 Å². The number of ether oxygens (including phenoxy) is 1.